The van der Waals surface area contributed by atoms with Crippen molar-refractivity contribution in [3.63, 3.8) is 0 Å². The Hall–Kier alpha value is -1.59. The van der Waals surface area contributed by atoms with Crippen molar-refractivity contribution < 1.29 is 9.53 Å². The number of carbonyl (C=O) groups is 1. The Kier molecular flexibility index (Phi) is 3.84. The molecule has 0 aliphatic rings. The lowest BCUT2D eigenvalue weighted by Gasteiger charge is -2.04. The average Bonchev–Trinajstić information content (AvgIpc) is 2.81. The first-order valence-corrected chi connectivity index (χ1v) is 6.37. The van der Waals surface area contributed by atoms with Gasteiger partial charge in [0.05, 0.1) is 13.3 Å². The summed E-state index contributed by atoms with van der Waals surface area (Å²) in [6, 6.07) is 5.63. The summed E-state index contributed by atoms with van der Waals surface area (Å²) in [6.07, 6.45) is 1.48. The van der Waals surface area contributed by atoms with E-state index in [9.17, 15) is 4.79 Å². The van der Waals surface area contributed by atoms with E-state index in [2.05, 4.69) is 15.0 Å². The summed E-state index contributed by atoms with van der Waals surface area (Å²) in [6.45, 7) is 1.94. The number of aromatic nitrogens is 1. The maximum atomic E-state index is 11.3. The Balaban J connectivity index is 2.16. The summed E-state index contributed by atoms with van der Waals surface area (Å²) >= 11 is 7.26. The van der Waals surface area contributed by atoms with Crippen LogP contribution in [0.15, 0.2) is 24.4 Å². The van der Waals surface area contributed by atoms with Crippen LogP contribution in [-0.4, -0.2) is 18.1 Å². The molecule has 0 aliphatic carbocycles. The minimum Gasteiger partial charge on any atom is -0.465 e. The molecule has 0 fully saturated rings. The lowest BCUT2D eigenvalue weighted by molar-refractivity contribution is 0.0606. The molecular formula is C12H11ClN2O2S. The van der Waals surface area contributed by atoms with E-state index in [0.717, 1.165) is 11.3 Å². The number of nitrogens with one attached hydrogen (secondary N) is 1. The molecule has 0 aliphatic heterocycles. The highest BCUT2D eigenvalue weighted by Crippen LogP contribution is 2.26. The topological polar surface area (TPSA) is 51.2 Å². The number of nitrogens with zero attached hydrogens (tertiary/aromatic N) is 1. The summed E-state index contributed by atoms with van der Waals surface area (Å²) in [5, 5.41) is 4.39. The molecule has 6 heteroatoms. The Bertz CT molecular complexity index is 583. The number of esters is 1. The van der Waals surface area contributed by atoms with Crippen molar-refractivity contribution in [2.45, 2.75) is 6.92 Å². The van der Waals surface area contributed by atoms with Crippen LogP contribution in [0.4, 0.5) is 10.8 Å². The van der Waals surface area contributed by atoms with Gasteiger partial charge in [-0.05, 0) is 24.6 Å². The van der Waals surface area contributed by atoms with Gasteiger partial charge in [0.1, 0.15) is 4.88 Å². The smallest absolute Gasteiger partial charge is 0.349 e. The number of halogens is 1. The van der Waals surface area contributed by atoms with Crippen LogP contribution in [-0.2, 0) is 4.74 Å². The highest BCUT2D eigenvalue weighted by Gasteiger charge is 2.10. The Labute approximate surface area is 114 Å². The molecular weight excluding hydrogens is 272 g/mol. The number of methoxy groups -OCH3 is 1. The van der Waals surface area contributed by atoms with Crippen molar-refractivity contribution in [3.05, 3.63) is 39.9 Å². The molecule has 1 heterocycles. The number of carbonyl (C=O) groups excluding carboxylic acids is 1. The van der Waals surface area contributed by atoms with Crippen LogP contribution in [0, 0.1) is 6.92 Å². The van der Waals surface area contributed by atoms with Gasteiger partial charge in [0, 0.05) is 10.7 Å². The molecule has 0 saturated carbocycles. The molecule has 2 rings (SSSR count). The van der Waals surface area contributed by atoms with Crippen LogP contribution in [0.2, 0.25) is 5.02 Å². The Morgan fingerprint density at radius 2 is 2.28 bits per heavy atom. The van der Waals surface area contributed by atoms with E-state index in [-0.39, 0.29) is 5.97 Å². The third kappa shape index (κ3) is 2.80. The Morgan fingerprint density at radius 3 is 2.94 bits per heavy atom. The van der Waals surface area contributed by atoms with E-state index in [1.807, 2.05) is 25.1 Å². The van der Waals surface area contributed by atoms with E-state index in [1.165, 1.54) is 24.6 Å². The van der Waals surface area contributed by atoms with E-state index >= 15 is 0 Å². The number of benzene rings is 1. The summed E-state index contributed by atoms with van der Waals surface area (Å²) < 4.78 is 4.62. The molecule has 1 N–H and O–H groups in total. The number of ether oxygens (including phenoxy) is 1. The van der Waals surface area contributed by atoms with Crippen molar-refractivity contribution in [2.24, 2.45) is 0 Å². The number of anilines is 2. The van der Waals surface area contributed by atoms with Crippen molar-refractivity contribution in [1.29, 1.82) is 0 Å². The maximum Gasteiger partial charge on any atom is 0.349 e. The molecule has 4 nitrogen and oxygen atoms in total. The van der Waals surface area contributed by atoms with E-state index < -0.39 is 0 Å². The summed E-state index contributed by atoms with van der Waals surface area (Å²) in [5.74, 6) is -0.387. The number of hydrogen-bond donors (Lipinski definition) is 1. The number of hydrogen-bond acceptors (Lipinski definition) is 5. The number of aryl methyl sites for hydroxylation is 1. The predicted molar refractivity (Wildman–Crippen MR) is 72.9 cm³/mol. The minimum absolute atomic E-state index is 0.387. The minimum atomic E-state index is -0.387. The van der Waals surface area contributed by atoms with E-state index in [0.29, 0.717) is 15.0 Å². The van der Waals surface area contributed by atoms with Gasteiger partial charge in [-0.3, -0.25) is 0 Å². The molecule has 18 heavy (non-hydrogen) atoms. The second kappa shape index (κ2) is 5.37. The van der Waals surface area contributed by atoms with Gasteiger partial charge in [-0.25, -0.2) is 9.78 Å². The van der Waals surface area contributed by atoms with E-state index in [1.54, 1.807) is 0 Å². The molecule has 1 aromatic carbocycles. The van der Waals surface area contributed by atoms with Crippen LogP contribution in [0.5, 0.6) is 0 Å². The molecule has 2 aromatic rings. The normalized spacial score (nSPS) is 10.2. The summed E-state index contributed by atoms with van der Waals surface area (Å²) in [7, 11) is 1.34. The average molecular weight is 283 g/mol. The van der Waals surface area contributed by atoms with Gasteiger partial charge in [0.25, 0.3) is 0 Å². The summed E-state index contributed by atoms with van der Waals surface area (Å²) in [5.41, 5.74) is 1.84. The third-order valence-corrected chi connectivity index (χ3v) is 3.62. The number of thiazole rings is 1. The third-order valence-electron chi connectivity index (χ3n) is 2.32. The predicted octanol–water partition coefficient (Wildman–Crippen LogP) is 3.64. The highest BCUT2D eigenvalue weighted by molar-refractivity contribution is 7.17. The first kappa shape index (κ1) is 12.9. The fourth-order valence-electron chi connectivity index (χ4n) is 1.32. The lowest BCUT2D eigenvalue weighted by atomic mass is 10.2. The van der Waals surface area contributed by atoms with Crippen molar-refractivity contribution in [1.82, 2.24) is 4.98 Å². The van der Waals surface area contributed by atoms with Gasteiger partial charge in [-0.2, -0.15) is 0 Å². The van der Waals surface area contributed by atoms with E-state index in [4.69, 9.17) is 11.6 Å². The van der Waals surface area contributed by atoms with Gasteiger partial charge >= 0.3 is 5.97 Å². The molecule has 1 aromatic heterocycles. The Morgan fingerprint density at radius 1 is 1.50 bits per heavy atom. The standard InChI is InChI=1S/C12H11ClN2O2S/c1-7-3-4-8(5-9(7)13)15-12-14-6-10(18-12)11(16)17-2/h3-6H,1-2H3,(H,14,15). The molecule has 0 saturated heterocycles. The zero-order chi connectivity index (χ0) is 13.1. The van der Waals surface area contributed by atoms with Gasteiger partial charge in [-0.15, -0.1) is 0 Å². The second-order valence-electron chi connectivity index (χ2n) is 3.61. The van der Waals surface area contributed by atoms with Crippen LogP contribution >= 0.6 is 22.9 Å². The monoisotopic (exact) mass is 282 g/mol. The fraction of sp³-hybridized carbons (Fsp3) is 0.167. The maximum absolute atomic E-state index is 11.3. The molecule has 0 amide bonds. The van der Waals surface area contributed by atoms with Crippen LogP contribution in [0.1, 0.15) is 15.2 Å². The zero-order valence-electron chi connectivity index (χ0n) is 9.86. The van der Waals surface area contributed by atoms with Crippen molar-refractivity contribution in [2.75, 3.05) is 12.4 Å². The SMILES string of the molecule is COC(=O)c1cnc(Nc2ccc(C)c(Cl)c2)s1. The quantitative estimate of drug-likeness (QED) is 0.873. The lowest BCUT2D eigenvalue weighted by Crippen LogP contribution is -1.96. The van der Waals surface area contributed by atoms with Gasteiger partial charge in [-0.1, -0.05) is 29.0 Å². The van der Waals surface area contributed by atoms with Gasteiger partial charge in [0.2, 0.25) is 0 Å². The first-order chi connectivity index (χ1) is 8.60. The van der Waals surface area contributed by atoms with Crippen LogP contribution in [0.3, 0.4) is 0 Å². The number of rotatable bonds is 3. The largest absolute Gasteiger partial charge is 0.465 e. The molecule has 94 valence electrons. The van der Waals surface area contributed by atoms with Crippen molar-refractivity contribution >= 4 is 39.7 Å². The zero-order valence-corrected chi connectivity index (χ0v) is 11.4. The van der Waals surface area contributed by atoms with Crippen molar-refractivity contribution in [3.8, 4) is 0 Å². The molecule has 0 atom stereocenters. The molecule has 0 spiro atoms. The van der Waals surface area contributed by atoms with Crippen LogP contribution in [0.25, 0.3) is 0 Å². The van der Waals surface area contributed by atoms with Gasteiger partial charge < -0.3 is 10.1 Å². The fourth-order valence-corrected chi connectivity index (χ4v) is 2.26. The van der Waals surface area contributed by atoms with Gasteiger partial charge in [0.15, 0.2) is 5.13 Å². The molecule has 0 radical (unpaired) electrons. The first-order valence-electron chi connectivity index (χ1n) is 5.17. The molecule has 0 unspecified atom stereocenters. The second-order valence-corrected chi connectivity index (χ2v) is 5.05. The van der Waals surface area contributed by atoms with Crippen LogP contribution < -0.4 is 5.32 Å². The summed E-state index contributed by atoms with van der Waals surface area (Å²) in [4.78, 5) is 15.8. The highest BCUT2D eigenvalue weighted by atomic mass is 35.5. The molecule has 0 bridgehead atoms.